The number of hydrogen-bond acceptors (Lipinski definition) is 4. The minimum Gasteiger partial charge on any atom is -0.369 e. The summed E-state index contributed by atoms with van der Waals surface area (Å²) in [6.45, 7) is 2.12. The Balaban J connectivity index is 1.71. The number of aryl methyl sites for hydroxylation is 1. The lowest BCUT2D eigenvalue weighted by molar-refractivity contribution is -0.134. The Labute approximate surface area is 139 Å². The molecule has 0 aliphatic heterocycles. The van der Waals surface area contributed by atoms with E-state index < -0.39 is 0 Å². The molecule has 23 heavy (non-hydrogen) atoms. The van der Waals surface area contributed by atoms with Gasteiger partial charge < -0.3 is 5.73 Å². The van der Waals surface area contributed by atoms with Gasteiger partial charge in [0.15, 0.2) is 0 Å². The molecule has 1 aromatic carbocycles. The van der Waals surface area contributed by atoms with Crippen molar-refractivity contribution in [3.63, 3.8) is 0 Å². The second-order valence-corrected chi connectivity index (χ2v) is 6.43. The zero-order valence-electron chi connectivity index (χ0n) is 13.0. The Morgan fingerprint density at radius 1 is 1.22 bits per heavy atom. The Bertz CT molecular complexity index is 655. The molecule has 0 aliphatic carbocycles. The molecule has 0 spiro atoms. The highest BCUT2D eigenvalue weighted by atomic mass is 32.1. The summed E-state index contributed by atoms with van der Waals surface area (Å²) in [7, 11) is 0. The summed E-state index contributed by atoms with van der Waals surface area (Å²) in [5.41, 5.74) is 8.73. The zero-order valence-corrected chi connectivity index (χ0v) is 13.8. The van der Waals surface area contributed by atoms with Gasteiger partial charge in [0.05, 0.1) is 12.5 Å². The molecule has 0 aliphatic rings. The van der Waals surface area contributed by atoms with E-state index in [9.17, 15) is 9.59 Å². The smallest absolute Gasteiger partial charge is 0.243 e. The molecule has 0 saturated heterocycles. The molecule has 6 heteroatoms. The molecule has 0 radical (unpaired) electrons. The van der Waals surface area contributed by atoms with E-state index in [0.29, 0.717) is 19.4 Å². The Morgan fingerprint density at radius 2 is 1.96 bits per heavy atom. The van der Waals surface area contributed by atoms with Gasteiger partial charge >= 0.3 is 0 Å². The van der Waals surface area contributed by atoms with Gasteiger partial charge in [-0.3, -0.25) is 14.4 Å². The van der Waals surface area contributed by atoms with E-state index in [0.717, 1.165) is 15.3 Å². The van der Waals surface area contributed by atoms with E-state index in [1.807, 2.05) is 42.5 Å². The fourth-order valence-corrected chi connectivity index (χ4v) is 3.04. The van der Waals surface area contributed by atoms with Gasteiger partial charge in [-0.05, 0) is 31.0 Å². The lowest BCUT2D eigenvalue weighted by atomic mass is 10.1. The topological polar surface area (TPSA) is 81.4 Å². The van der Waals surface area contributed by atoms with Gasteiger partial charge in [0.1, 0.15) is 0 Å². The largest absolute Gasteiger partial charge is 0.369 e. The highest BCUT2D eigenvalue weighted by molar-refractivity contribution is 7.12. The summed E-state index contributed by atoms with van der Waals surface area (Å²) in [5, 5.41) is 0. The lowest BCUT2D eigenvalue weighted by Crippen LogP contribution is -2.23. The molecule has 0 fully saturated rings. The number of hydroxylamine groups is 1. The van der Waals surface area contributed by atoms with E-state index in [1.165, 1.54) is 11.3 Å². The third-order valence-electron chi connectivity index (χ3n) is 3.40. The molecule has 2 amide bonds. The fraction of sp³-hybridized carbons (Fsp3) is 0.294. The molecule has 1 aromatic heterocycles. The number of thiophene rings is 1. The van der Waals surface area contributed by atoms with Crippen molar-refractivity contribution in [2.45, 2.75) is 32.3 Å². The molecular formula is C17H20N2O3S. The molecule has 5 nitrogen and oxygen atoms in total. The quantitative estimate of drug-likeness (QED) is 0.729. The van der Waals surface area contributed by atoms with Crippen LogP contribution in [0.4, 0.5) is 0 Å². The number of rotatable bonds is 8. The molecule has 1 unspecified atom stereocenters. The van der Waals surface area contributed by atoms with E-state index in [4.69, 9.17) is 10.6 Å². The maximum atomic E-state index is 11.7. The summed E-state index contributed by atoms with van der Waals surface area (Å²) in [5.74, 6) is -0.805. The number of benzene rings is 1. The van der Waals surface area contributed by atoms with Crippen LogP contribution in [-0.4, -0.2) is 11.8 Å². The summed E-state index contributed by atoms with van der Waals surface area (Å²) in [4.78, 5) is 30.1. The highest BCUT2D eigenvalue weighted by Crippen LogP contribution is 2.25. The minimum absolute atomic E-state index is 0.168. The van der Waals surface area contributed by atoms with Gasteiger partial charge in [-0.25, -0.2) is 5.48 Å². The van der Waals surface area contributed by atoms with E-state index in [2.05, 4.69) is 5.48 Å². The maximum Gasteiger partial charge on any atom is 0.243 e. The zero-order chi connectivity index (χ0) is 16.7. The van der Waals surface area contributed by atoms with Crippen LogP contribution < -0.4 is 11.2 Å². The lowest BCUT2D eigenvalue weighted by Gasteiger charge is -2.05. The number of primary amides is 1. The average Bonchev–Trinajstić information content (AvgIpc) is 3.02. The van der Waals surface area contributed by atoms with Crippen LogP contribution in [-0.2, 0) is 27.5 Å². The van der Waals surface area contributed by atoms with Crippen molar-refractivity contribution in [2.24, 2.45) is 5.73 Å². The molecule has 0 bridgehead atoms. The van der Waals surface area contributed by atoms with Crippen molar-refractivity contribution in [3.8, 4) is 0 Å². The fourth-order valence-electron chi connectivity index (χ4n) is 1.96. The summed E-state index contributed by atoms with van der Waals surface area (Å²) < 4.78 is 0. The molecule has 2 rings (SSSR count). The van der Waals surface area contributed by atoms with Gasteiger partial charge in [-0.1, -0.05) is 30.3 Å². The Morgan fingerprint density at radius 3 is 2.65 bits per heavy atom. The van der Waals surface area contributed by atoms with Crippen LogP contribution in [0.5, 0.6) is 0 Å². The Kier molecular flexibility index (Phi) is 6.31. The predicted molar refractivity (Wildman–Crippen MR) is 89.6 cm³/mol. The standard InChI is InChI=1S/C17H20N2O3S/c1-12(17(18)21)15-9-7-14(23-15)8-10-16(20)19-22-11-13-5-3-2-4-6-13/h2-7,9,12H,8,10-11H2,1H3,(H2,18,21)(H,19,20). The first-order valence-electron chi connectivity index (χ1n) is 7.38. The molecule has 1 atom stereocenters. The monoisotopic (exact) mass is 332 g/mol. The number of carbonyl (C=O) groups excluding carboxylic acids is 2. The second-order valence-electron chi connectivity index (χ2n) is 5.23. The first-order valence-corrected chi connectivity index (χ1v) is 8.20. The van der Waals surface area contributed by atoms with Crippen molar-refractivity contribution in [2.75, 3.05) is 0 Å². The van der Waals surface area contributed by atoms with Gasteiger partial charge in [-0.2, -0.15) is 0 Å². The highest BCUT2D eigenvalue weighted by Gasteiger charge is 2.14. The molecular weight excluding hydrogens is 312 g/mol. The van der Waals surface area contributed by atoms with E-state index in [1.54, 1.807) is 6.92 Å². The van der Waals surface area contributed by atoms with Crippen LogP contribution >= 0.6 is 11.3 Å². The van der Waals surface area contributed by atoms with Crippen LogP contribution in [0.25, 0.3) is 0 Å². The minimum atomic E-state index is -0.342. The van der Waals surface area contributed by atoms with E-state index in [-0.39, 0.29) is 17.7 Å². The van der Waals surface area contributed by atoms with Crippen molar-refractivity contribution in [1.82, 2.24) is 5.48 Å². The van der Waals surface area contributed by atoms with Crippen LogP contribution in [0.2, 0.25) is 0 Å². The van der Waals surface area contributed by atoms with Crippen LogP contribution in [0.3, 0.4) is 0 Å². The molecule has 1 heterocycles. The van der Waals surface area contributed by atoms with Crippen molar-refractivity contribution in [1.29, 1.82) is 0 Å². The number of amides is 2. The predicted octanol–water partition coefficient (Wildman–Crippen LogP) is 2.52. The first kappa shape index (κ1) is 17.2. The molecule has 122 valence electrons. The van der Waals surface area contributed by atoms with Gasteiger partial charge in [0.25, 0.3) is 0 Å². The summed E-state index contributed by atoms with van der Waals surface area (Å²) in [6, 6.07) is 13.4. The summed E-state index contributed by atoms with van der Waals surface area (Å²) in [6.07, 6.45) is 0.941. The van der Waals surface area contributed by atoms with Crippen LogP contribution in [0, 0.1) is 0 Å². The summed E-state index contributed by atoms with van der Waals surface area (Å²) >= 11 is 1.51. The normalized spacial score (nSPS) is 11.9. The number of carbonyl (C=O) groups is 2. The molecule has 3 N–H and O–H groups in total. The van der Waals surface area contributed by atoms with Gasteiger partial charge in [-0.15, -0.1) is 11.3 Å². The second kappa shape index (κ2) is 8.45. The molecule has 2 aromatic rings. The van der Waals surface area contributed by atoms with Gasteiger partial charge in [0, 0.05) is 16.2 Å². The molecule has 0 saturated carbocycles. The van der Waals surface area contributed by atoms with E-state index >= 15 is 0 Å². The third kappa shape index (κ3) is 5.50. The number of nitrogens with one attached hydrogen (secondary N) is 1. The van der Waals surface area contributed by atoms with Crippen molar-refractivity contribution in [3.05, 3.63) is 57.8 Å². The first-order chi connectivity index (χ1) is 11.1. The van der Waals surface area contributed by atoms with Crippen LogP contribution in [0.15, 0.2) is 42.5 Å². The van der Waals surface area contributed by atoms with Crippen molar-refractivity contribution >= 4 is 23.2 Å². The number of hydrogen-bond donors (Lipinski definition) is 2. The van der Waals surface area contributed by atoms with Gasteiger partial charge in [0.2, 0.25) is 11.8 Å². The third-order valence-corrected chi connectivity index (χ3v) is 4.73. The number of nitrogens with two attached hydrogens (primary N) is 1. The van der Waals surface area contributed by atoms with Crippen molar-refractivity contribution < 1.29 is 14.4 Å². The average molecular weight is 332 g/mol. The SMILES string of the molecule is CC(C(N)=O)c1ccc(CCC(=O)NOCc2ccccc2)s1. The Hall–Kier alpha value is -2.18. The maximum absolute atomic E-state index is 11.7. The van der Waals surface area contributed by atoms with Crippen LogP contribution in [0.1, 0.15) is 34.6 Å².